The summed E-state index contributed by atoms with van der Waals surface area (Å²) < 4.78 is 15.6. The van der Waals surface area contributed by atoms with Crippen LogP contribution in [0.5, 0.6) is 11.5 Å². The Morgan fingerprint density at radius 1 is 1.19 bits per heavy atom. The summed E-state index contributed by atoms with van der Waals surface area (Å²) in [5.74, 6) is 1.10. The number of anilines is 1. The van der Waals surface area contributed by atoms with E-state index in [9.17, 15) is 4.79 Å². The van der Waals surface area contributed by atoms with Crippen molar-refractivity contribution in [2.75, 3.05) is 12.1 Å². The van der Waals surface area contributed by atoms with Gasteiger partial charge < -0.3 is 14.2 Å². The topological polar surface area (TPSA) is 56.8 Å². The molecule has 21 heavy (non-hydrogen) atoms. The predicted molar refractivity (Wildman–Crippen MR) is 77.8 cm³/mol. The van der Waals surface area contributed by atoms with Crippen molar-refractivity contribution in [1.29, 1.82) is 0 Å². The number of nitrogens with one attached hydrogen (secondary N) is 1. The van der Waals surface area contributed by atoms with Crippen molar-refractivity contribution in [3.8, 4) is 11.5 Å². The van der Waals surface area contributed by atoms with Gasteiger partial charge in [0.1, 0.15) is 6.61 Å². The second-order valence-corrected chi connectivity index (χ2v) is 4.78. The number of amides is 1. The Balaban J connectivity index is 1.62. The summed E-state index contributed by atoms with van der Waals surface area (Å²) in [6.45, 7) is 0.336. The smallest absolute Gasteiger partial charge is 0.412 e. The van der Waals surface area contributed by atoms with Crippen LogP contribution in [0.4, 0.5) is 10.5 Å². The lowest BCUT2D eigenvalue weighted by Gasteiger charge is -2.09. The summed E-state index contributed by atoms with van der Waals surface area (Å²) in [6, 6.07) is 12.6. The fourth-order valence-corrected chi connectivity index (χ4v) is 2.08. The Hall–Kier alpha value is -2.40. The summed E-state index contributed by atoms with van der Waals surface area (Å²) in [6.07, 6.45) is -0.584. The maximum atomic E-state index is 11.8. The number of carbonyl (C=O) groups excluding carboxylic acids is 1. The highest BCUT2D eigenvalue weighted by Crippen LogP contribution is 2.39. The molecule has 6 heteroatoms. The zero-order valence-electron chi connectivity index (χ0n) is 11.0. The van der Waals surface area contributed by atoms with Crippen LogP contribution in [-0.4, -0.2) is 12.9 Å². The first kappa shape index (κ1) is 13.6. The summed E-state index contributed by atoms with van der Waals surface area (Å²) in [4.78, 5) is 11.8. The lowest BCUT2D eigenvalue weighted by molar-refractivity contribution is 0.155. The van der Waals surface area contributed by atoms with Crippen LogP contribution in [-0.2, 0) is 11.3 Å². The third-order valence-electron chi connectivity index (χ3n) is 2.91. The van der Waals surface area contributed by atoms with Gasteiger partial charge >= 0.3 is 6.09 Å². The van der Waals surface area contributed by atoms with Crippen LogP contribution >= 0.6 is 11.6 Å². The molecule has 1 aliphatic heterocycles. The van der Waals surface area contributed by atoms with Crippen molar-refractivity contribution < 1.29 is 19.0 Å². The lowest BCUT2D eigenvalue weighted by atomic mass is 10.2. The highest BCUT2D eigenvalue weighted by molar-refractivity contribution is 6.33. The minimum atomic E-state index is -0.584. The van der Waals surface area contributed by atoms with Crippen LogP contribution in [0.2, 0.25) is 5.02 Å². The molecule has 0 bridgehead atoms. The van der Waals surface area contributed by atoms with E-state index < -0.39 is 6.09 Å². The van der Waals surface area contributed by atoms with Gasteiger partial charge in [-0.05, 0) is 5.56 Å². The predicted octanol–water partition coefficient (Wildman–Crippen LogP) is 3.82. The van der Waals surface area contributed by atoms with E-state index in [-0.39, 0.29) is 13.4 Å². The number of rotatable bonds is 3. The lowest BCUT2D eigenvalue weighted by Crippen LogP contribution is -2.13. The van der Waals surface area contributed by atoms with Crippen molar-refractivity contribution in [3.63, 3.8) is 0 Å². The van der Waals surface area contributed by atoms with Gasteiger partial charge in [-0.2, -0.15) is 0 Å². The molecule has 108 valence electrons. The maximum absolute atomic E-state index is 11.8. The average Bonchev–Trinajstić information content (AvgIpc) is 2.94. The first-order chi connectivity index (χ1) is 10.2. The zero-order valence-corrected chi connectivity index (χ0v) is 11.7. The van der Waals surface area contributed by atoms with E-state index in [4.69, 9.17) is 25.8 Å². The van der Waals surface area contributed by atoms with Gasteiger partial charge in [0.2, 0.25) is 6.79 Å². The Bertz CT molecular complexity index is 660. The quantitative estimate of drug-likeness (QED) is 0.936. The Labute approximate surface area is 126 Å². The highest BCUT2D eigenvalue weighted by atomic mass is 35.5. The van der Waals surface area contributed by atoms with Crippen LogP contribution < -0.4 is 14.8 Å². The first-order valence-electron chi connectivity index (χ1n) is 6.29. The summed E-state index contributed by atoms with van der Waals surface area (Å²) in [5, 5.41) is 2.94. The molecule has 1 heterocycles. The van der Waals surface area contributed by atoms with E-state index in [0.29, 0.717) is 22.2 Å². The molecule has 0 saturated carbocycles. The highest BCUT2D eigenvalue weighted by Gasteiger charge is 2.17. The summed E-state index contributed by atoms with van der Waals surface area (Å²) >= 11 is 6.06. The van der Waals surface area contributed by atoms with Gasteiger partial charge in [0.05, 0.1) is 10.7 Å². The molecule has 0 aliphatic carbocycles. The molecule has 2 aromatic rings. The van der Waals surface area contributed by atoms with Crippen LogP contribution in [0, 0.1) is 0 Å². The van der Waals surface area contributed by atoms with Gasteiger partial charge in [-0.25, -0.2) is 4.79 Å². The van der Waals surface area contributed by atoms with E-state index >= 15 is 0 Å². The molecule has 0 radical (unpaired) electrons. The Morgan fingerprint density at radius 3 is 2.67 bits per heavy atom. The van der Waals surface area contributed by atoms with E-state index in [1.807, 2.05) is 30.3 Å². The molecule has 0 saturated heterocycles. The molecule has 3 rings (SSSR count). The molecule has 1 amide bonds. The second-order valence-electron chi connectivity index (χ2n) is 4.37. The van der Waals surface area contributed by atoms with Gasteiger partial charge in [0.15, 0.2) is 11.5 Å². The van der Waals surface area contributed by atoms with E-state index in [0.717, 1.165) is 5.56 Å². The number of benzene rings is 2. The molecule has 5 nitrogen and oxygen atoms in total. The third kappa shape index (κ3) is 3.20. The molecular formula is C15H12ClNO4. The van der Waals surface area contributed by atoms with E-state index in [1.54, 1.807) is 12.1 Å². The van der Waals surface area contributed by atoms with Gasteiger partial charge in [-0.1, -0.05) is 41.9 Å². The monoisotopic (exact) mass is 305 g/mol. The Morgan fingerprint density at radius 2 is 1.90 bits per heavy atom. The van der Waals surface area contributed by atoms with Gasteiger partial charge in [-0.15, -0.1) is 0 Å². The SMILES string of the molecule is O=C(Nc1cc2c(cc1Cl)OCO2)OCc1ccccc1. The van der Waals surface area contributed by atoms with Gasteiger partial charge in [0.25, 0.3) is 0 Å². The molecule has 0 unspecified atom stereocenters. The molecule has 0 aromatic heterocycles. The number of fused-ring (bicyclic) bond motifs is 1. The van der Waals surface area contributed by atoms with Crippen molar-refractivity contribution >= 4 is 23.4 Å². The molecule has 0 fully saturated rings. The van der Waals surface area contributed by atoms with Crippen LogP contribution in [0.25, 0.3) is 0 Å². The number of hydrogen-bond donors (Lipinski definition) is 1. The molecule has 1 aliphatic rings. The third-order valence-corrected chi connectivity index (χ3v) is 3.22. The van der Waals surface area contributed by atoms with Crippen LogP contribution in [0.1, 0.15) is 5.56 Å². The Kier molecular flexibility index (Phi) is 3.83. The normalized spacial score (nSPS) is 12.0. The number of hydrogen-bond acceptors (Lipinski definition) is 4. The van der Waals surface area contributed by atoms with Crippen LogP contribution in [0.15, 0.2) is 42.5 Å². The van der Waals surface area contributed by atoms with Crippen molar-refractivity contribution in [2.24, 2.45) is 0 Å². The van der Waals surface area contributed by atoms with Crippen molar-refractivity contribution in [1.82, 2.24) is 0 Å². The zero-order chi connectivity index (χ0) is 14.7. The summed E-state index contributed by atoms with van der Waals surface area (Å²) in [7, 11) is 0. The van der Waals surface area contributed by atoms with E-state index in [2.05, 4.69) is 5.32 Å². The molecule has 1 N–H and O–H groups in total. The molecule has 2 aromatic carbocycles. The fourth-order valence-electron chi connectivity index (χ4n) is 1.88. The minimum absolute atomic E-state index is 0.146. The standard InChI is InChI=1S/C15H12ClNO4/c16-11-6-13-14(21-9-20-13)7-12(11)17-15(18)19-8-10-4-2-1-3-5-10/h1-7H,8-9H2,(H,17,18). The van der Waals surface area contributed by atoms with Crippen LogP contribution in [0.3, 0.4) is 0 Å². The fraction of sp³-hybridized carbons (Fsp3) is 0.133. The molecule has 0 spiro atoms. The van der Waals surface area contributed by atoms with E-state index in [1.165, 1.54) is 0 Å². The number of carbonyl (C=O) groups is 1. The first-order valence-corrected chi connectivity index (χ1v) is 6.67. The second kappa shape index (κ2) is 5.93. The molecular weight excluding hydrogens is 294 g/mol. The average molecular weight is 306 g/mol. The largest absolute Gasteiger partial charge is 0.454 e. The van der Waals surface area contributed by atoms with Crippen molar-refractivity contribution in [2.45, 2.75) is 6.61 Å². The number of ether oxygens (including phenoxy) is 3. The van der Waals surface area contributed by atoms with Gasteiger partial charge in [-0.3, -0.25) is 5.32 Å². The van der Waals surface area contributed by atoms with Gasteiger partial charge in [0, 0.05) is 12.1 Å². The van der Waals surface area contributed by atoms with Crippen molar-refractivity contribution in [3.05, 3.63) is 53.1 Å². The maximum Gasteiger partial charge on any atom is 0.412 e. The minimum Gasteiger partial charge on any atom is -0.454 e. The number of halogens is 1. The molecule has 0 atom stereocenters. The summed E-state index contributed by atoms with van der Waals surface area (Å²) in [5.41, 5.74) is 1.32.